The molecule has 0 bridgehead atoms. The topological polar surface area (TPSA) is 41.1 Å². The standard InChI is InChI=1S/C10H12BrFN2O/c1-13-5-6-14-10(15)7-3-2-4-8(11)9(7)12/h2-4,13H,5-6H2,1H3,(H,14,15). The zero-order chi connectivity index (χ0) is 11.3. The van der Waals surface area contributed by atoms with Crippen LogP contribution >= 0.6 is 15.9 Å². The van der Waals surface area contributed by atoms with Crippen molar-refractivity contribution in [3.05, 3.63) is 34.1 Å². The first-order chi connectivity index (χ1) is 7.16. The molecule has 1 rings (SSSR count). The van der Waals surface area contributed by atoms with Crippen molar-refractivity contribution >= 4 is 21.8 Å². The lowest BCUT2D eigenvalue weighted by Crippen LogP contribution is -2.30. The molecular formula is C10H12BrFN2O. The summed E-state index contributed by atoms with van der Waals surface area (Å²) in [6, 6.07) is 4.63. The molecule has 0 radical (unpaired) electrons. The number of hydrogen-bond donors (Lipinski definition) is 2. The molecule has 3 nitrogen and oxygen atoms in total. The Morgan fingerprint density at radius 1 is 1.47 bits per heavy atom. The smallest absolute Gasteiger partial charge is 0.254 e. The van der Waals surface area contributed by atoms with Gasteiger partial charge in [0.25, 0.3) is 5.91 Å². The highest BCUT2D eigenvalue weighted by Crippen LogP contribution is 2.18. The predicted molar refractivity (Wildman–Crippen MR) is 60.4 cm³/mol. The second kappa shape index (κ2) is 5.82. The third-order valence-corrected chi connectivity index (χ3v) is 2.47. The number of amides is 1. The Hall–Kier alpha value is -0.940. The van der Waals surface area contributed by atoms with Crippen LogP contribution in [0.1, 0.15) is 10.4 Å². The van der Waals surface area contributed by atoms with Gasteiger partial charge in [0.2, 0.25) is 0 Å². The number of nitrogens with one attached hydrogen (secondary N) is 2. The Morgan fingerprint density at radius 2 is 2.20 bits per heavy atom. The second-order valence-corrected chi connectivity index (χ2v) is 3.82. The molecule has 0 aromatic heterocycles. The number of benzene rings is 1. The molecule has 0 atom stereocenters. The predicted octanol–water partition coefficient (Wildman–Crippen LogP) is 1.54. The fourth-order valence-electron chi connectivity index (χ4n) is 1.08. The van der Waals surface area contributed by atoms with Crippen LogP contribution in [0, 0.1) is 5.82 Å². The van der Waals surface area contributed by atoms with Gasteiger partial charge in [-0.05, 0) is 35.1 Å². The summed E-state index contributed by atoms with van der Waals surface area (Å²) in [5.74, 6) is -0.927. The molecule has 2 N–H and O–H groups in total. The summed E-state index contributed by atoms with van der Waals surface area (Å²) < 4.78 is 13.7. The largest absolute Gasteiger partial charge is 0.351 e. The third kappa shape index (κ3) is 3.28. The first kappa shape index (κ1) is 12.1. The van der Waals surface area contributed by atoms with Crippen molar-refractivity contribution in [1.82, 2.24) is 10.6 Å². The molecule has 1 aromatic rings. The van der Waals surface area contributed by atoms with Crippen molar-refractivity contribution in [2.75, 3.05) is 20.1 Å². The Kier molecular flexibility index (Phi) is 4.71. The summed E-state index contributed by atoms with van der Waals surface area (Å²) in [7, 11) is 1.78. The van der Waals surface area contributed by atoms with Crippen LogP contribution in [0.3, 0.4) is 0 Å². The van der Waals surface area contributed by atoms with Gasteiger partial charge < -0.3 is 10.6 Å². The summed E-state index contributed by atoms with van der Waals surface area (Å²) in [6.07, 6.45) is 0. The molecule has 0 saturated heterocycles. The van der Waals surface area contributed by atoms with Gasteiger partial charge >= 0.3 is 0 Å². The highest BCUT2D eigenvalue weighted by atomic mass is 79.9. The van der Waals surface area contributed by atoms with Crippen LogP contribution in [0.2, 0.25) is 0 Å². The zero-order valence-corrected chi connectivity index (χ0v) is 9.90. The van der Waals surface area contributed by atoms with Crippen molar-refractivity contribution in [1.29, 1.82) is 0 Å². The lowest BCUT2D eigenvalue weighted by Gasteiger charge is -2.06. The minimum Gasteiger partial charge on any atom is -0.351 e. The average molecular weight is 275 g/mol. The van der Waals surface area contributed by atoms with Gasteiger partial charge in [0.1, 0.15) is 5.82 Å². The lowest BCUT2D eigenvalue weighted by molar-refractivity contribution is 0.0950. The monoisotopic (exact) mass is 274 g/mol. The van der Waals surface area contributed by atoms with Crippen LogP contribution in [0.5, 0.6) is 0 Å². The van der Waals surface area contributed by atoms with Crippen LogP contribution < -0.4 is 10.6 Å². The number of rotatable bonds is 4. The molecule has 0 aliphatic heterocycles. The zero-order valence-electron chi connectivity index (χ0n) is 8.31. The molecule has 0 saturated carbocycles. The second-order valence-electron chi connectivity index (χ2n) is 2.96. The summed E-state index contributed by atoms with van der Waals surface area (Å²) in [4.78, 5) is 11.5. The average Bonchev–Trinajstić information content (AvgIpc) is 2.22. The molecule has 0 heterocycles. The first-order valence-electron chi connectivity index (χ1n) is 4.53. The van der Waals surface area contributed by atoms with E-state index in [2.05, 4.69) is 26.6 Å². The van der Waals surface area contributed by atoms with E-state index in [1.165, 1.54) is 6.07 Å². The molecule has 0 aliphatic rings. The fourth-order valence-corrected chi connectivity index (χ4v) is 1.44. The number of halogens is 2. The summed E-state index contributed by atoms with van der Waals surface area (Å²) in [5, 5.41) is 5.49. The Labute approximate surface area is 96.2 Å². The van der Waals surface area contributed by atoms with Crippen molar-refractivity contribution in [2.24, 2.45) is 0 Å². The van der Waals surface area contributed by atoms with Crippen molar-refractivity contribution in [2.45, 2.75) is 0 Å². The maximum absolute atomic E-state index is 13.4. The number of hydrogen-bond acceptors (Lipinski definition) is 2. The van der Waals surface area contributed by atoms with Gasteiger partial charge in [0, 0.05) is 13.1 Å². The minimum absolute atomic E-state index is 0.0560. The molecule has 0 spiro atoms. The molecule has 5 heteroatoms. The Balaban J connectivity index is 2.69. The van der Waals surface area contributed by atoms with Crippen LogP contribution in [-0.2, 0) is 0 Å². The van der Waals surface area contributed by atoms with Crippen LogP contribution in [-0.4, -0.2) is 26.0 Å². The van der Waals surface area contributed by atoms with E-state index in [-0.39, 0.29) is 5.56 Å². The van der Waals surface area contributed by atoms with E-state index in [0.717, 1.165) is 0 Å². The third-order valence-electron chi connectivity index (χ3n) is 1.86. The normalized spacial score (nSPS) is 10.1. The Bertz CT molecular complexity index is 357. The van der Waals surface area contributed by atoms with E-state index >= 15 is 0 Å². The van der Waals surface area contributed by atoms with E-state index in [4.69, 9.17) is 0 Å². The van der Waals surface area contributed by atoms with Gasteiger partial charge in [-0.1, -0.05) is 6.07 Å². The quantitative estimate of drug-likeness (QED) is 0.818. The molecular weight excluding hydrogens is 263 g/mol. The van der Waals surface area contributed by atoms with Crippen molar-refractivity contribution in [3.63, 3.8) is 0 Å². The lowest BCUT2D eigenvalue weighted by atomic mass is 10.2. The van der Waals surface area contributed by atoms with E-state index in [1.807, 2.05) is 0 Å². The molecule has 0 aliphatic carbocycles. The Morgan fingerprint density at radius 3 is 2.87 bits per heavy atom. The van der Waals surface area contributed by atoms with Crippen LogP contribution in [0.15, 0.2) is 22.7 Å². The van der Waals surface area contributed by atoms with Crippen molar-refractivity contribution in [3.8, 4) is 0 Å². The highest BCUT2D eigenvalue weighted by Gasteiger charge is 2.12. The number of likely N-dealkylation sites (N-methyl/N-ethyl adjacent to an activating group) is 1. The number of carbonyl (C=O) groups is 1. The molecule has 82 valence electrons. The van der Waals surface area contributed by atoms with Gasteiger partial charge in [0.05, 0.1) is 10.0 Å². The SMILES string of the molecule is CNCCNC(=O)c1cccc(Br)c1F. The summed E-state index contributed by atoms with van der Waals surface area (Å²) in [5.41, 5.74) is 0.0560. The van der Waals surface area contributed by atoms with Gasteiger partial charge in [-0.25, -0.2) is 4.39 Å². The molecule has 1 aromatic carbocycles. The molecule has 0 fully saturated rings. The van der Waals surface area contributed by atoms with E-state index < -0.39 is 11.7 Å². The first-order valence-corrected chi connectivity index (χ1v) is 5.33. The van der Waals surface area contributed by atoms with Crippen LogP contribution in [0.4, 0.5) is 4.39 Å². The molecule has 15 heavy (non-hydrogen) atoms. The summed E-state index contributed by atoms with van der Waals surface area (Å²) >= 11 is 3.03. The van der Waals surface area contributed by atoms with E-state index in [0.29, 0.717) is 17.6 Å². The minimum atomic E-state index is -0.528. The fraction of sp³-hybridized carbons (Fsp3) is 0.300. The van der Waals surface area contributed by atoms with Crippen LogP contribution in [0.25, 0.3) is 0 Å². The van der Waals surface area contributed by atoms with Gasteiger partial charge in [-0.15, -0.1) is 0 Å². The van der Waals surface area contributed by atoms with E-state index in [9.17, 15) is 9.18 Å². The van der Waals surface area contributed by atoms with Crippen molar-refractivity contribution < 1.29 is 9.18 Å². The van der Waals surface area contributed by atoms with Gasteiger partial charge in [0.15, 0.2) is 0 Å². The van der Waals surface area contributed by atoms with E-state index in [1.54, 1.807) is 19.2 Å². The maximum Gasteiger partial charge on any atom is 0.254 e. The highest BCUT2D eigenvalue weighted by molar-refractivity contribution is 9.10. The molecule has 0 unspecified atom stereocenters. The maximum atomic E-state index is 13.4. The van der Waals surface area contributed by atoms with Gasteiger partial charge in [-0.2, -0.15) is 0 Å². The number of carbonyl (C=O) groups excluding carboxylic acids is 1. The summed E-state index contributed by atoms with van der Waals surface area (Å²) in [6.45, 7) is 1.13. The van der Waals surface area contributed by atoms with Gasteiger partial charge in [-0.3, -0.25) is 4.79 Å². The molecule has 1 amide bonds.